The van der Waals surface area contributed by atoms with Crippen LogP contribution in [0.1, 0.15) is 65.7 Å². The minimum Gasteiger partial charge on any atom is -0.305 e. The zero-order valence-electron chi connectivity index (χ0n) is 13.4. The summed E-state index contributed by atoms with van der Waals surface area (Å²) in [5, 5.41) is 0. The predicted octanol–water partition coefficient (Wildman–Crippen LogP) is 4.95. The summed E-state index contributed by atoms with van der Waals surface area (Å²) in [5.74, 6) is 0.856. The molecule has 0 bridgehead atoms. The maximum Gasteiger partial charge on any atom is 0.00474 e. The van der Waals surface area contributed by atoms with Crippen LogP contribution in [-0.2, 0) is 0 Å². The molecule has 1 fully saturated rings. The van der Waals surface area contributed by atoms with Crippen molar-refractivity contribution in [1.82, 2.24) is 4.90 Å². The molecule has 108 valence electrons. The first-order valence-electron chi connectivity index (χ1n) is 8.35. The first kappa shape index (κ1) is 14.8. The summed E-state index contributed by atoms with van der Waals surface area (Å²) in [6.07, 6.45) is 9.67. The third-order valence-corrected chi connectivity index (χ3v) is 4.97. The minimum atomic E-state index is 0.856. The second-order valence-electron chi connectivity index (χ2n) is 6.23. The third-order valence-electron chi connectivity index (χ3n) is 4.97. The Labute approximate surface area is 119 Å². The number of rotatable bonds is 0. The Bertz CT molecular complexity index is 375. The molecule has 0 radical (unpaired) electrons. The van der Waals surface area contributed by atoms with E-state index in [4.69, 9.17) is 0 Å². The molecule has 1 aliphatic heterocycles. The van der Waals surface area contributed by atoms with Crippen LogP contribution in [-0.4, -0.2) is 25.0 Å². The van der Waals surface area contributed by atoms with Crippen LogP contribution in [0.2, 0.25) is 0 Å². The van der Waals surface area contributed by atoms with Gasteiger partial charge in [-0.25, -0.2) is 0 Å². The molecule has 1 saturated carbocycles. The summed E-state index contributed by atoms with van der Waals surface area (Å²) >= 11 is 0. The van der Waals surface area contributed by atoms with E-state index in [1.54, 1.807) is 11.1 Å². The van der Waals surface area contributed by atoms with Crippen molar-refractivity contribution in [1.29, 1.82) is 0 Å². The molecule has 0 aromatic rings. The third kappa shape index (κ3) is 3.13. The van der Waals surface area contributed by atoms with Gasteiger partial charge in [-0.1, -0.05) is 25.0 Å². The van der Waals surface area contributed by atoms with Crippen molar-refractivity contribution in [2.24, 2.45) is 5.92 Å². The lowest BCUT2D eigenvalue weighted by atomic mass is 9.77. The van der Waals surface area contributed by atoms with Crippen molar-refractivity contribution in [3.63, 3.8) is 0 Å². The van der Waals surface area contributed by atoms with Gasteiger partial charge in [-0.15, -0.1) is 0 Å². The maximum atomic E-state index is 2.55. The largest absolute Gasteiger partial charge is 0.305 e. The van der Waals surface area contributed by atoms with Gasteiger partial charge in [0.25, 0.3) is 0 Å². The first-order chi connectivity index (χ1) is 9.25. The Balaban J connectivity index is 0.000000637. The average Bonchev–Trinajstić information content (AvgIpc) is 2.69. The molecule has 1 atom stereocenters. The summed E-state index contributed by atoms with van der Waals surface area (Å²) in [5.41, 5.74) is 7.15. The number of hydrogen-bond donors (Lipinski definition) is 0. The maximum absolute atomic E-state index is 2.55. The molecule has 0 N–H and O–H groups in total. The fourth-order valence-corrected chi connectivity index (χ4v) is 4.08. The highest BCUT2D eigenvalue weighted by Gasteiger charge is 2.30. The lowest BCUT2D eigenvalue weighted by molar-refractivity contribution is 0.293. The lowest BCUT2D eigenvalue weighted by Gasteiger charge is -2.31. The summed E-state index contributed by atoms with van der Waals surface area (Å²) in [6.45, 7) is 8.97. The highest BCUT2D eigenvalue weighted by Crippen LogP contribution is 2.43. The molecule has 0 aromatic carbocycles. The quantitative estimate of drug-likeness (QED) is 0.596. The van der Waals surface area contributed by atoms with E-state index in [0.717, 1.165) is 5.92 Å². The van der Waals surface area contributed by atoms with Gasteiger partial charge in [-0.3, -0.25) is 0 Å². The topological polar surface area (TPSA) is 3.24 Å². The molecule has 0 amide bonds. The number of nitrogens with zero attached hydrogens (tertiary/aromatic N) is 1. The van der Waals surface area contributed by atoms with Gasteiger partial charge in [0.05, 0.1) is 0 Å². The fraction of sp³-hybridized carbons (Fsp3) is 0.778. The van der Waals surface area contributed by atoms with Crippen LogP contribution in [0.5, 0.6) is 0 Å². The predicted molar refractivity (Wildman–Crippen MR) is 84.4 cm³/mol. The minimum absolute atomic E-state index is 0.856. The van der Waals surface area contributed by atoms with Crippen molar-refractivity contribution in [3.8, 4) is 0 Å². The smallest absolute Gasteiger partial charge is 0.00474 e. The zero-order chi connectivity index (χ0) is 13.8. The van der Waals surface area contributed by atoms with E-state index in [1.807, 2.05) is 25.0 Å². The molecule has 0 saturated heterocycles. The van der Waals surface area contributed by atoms with Gasteiger partial charge >= 0.3 is 0 Å². The molecule has 3 aliphatic rings. The summed E-state index contributed by atoms with van der Waals surface area (Å²) in [6, 6.07) is 0. The normalized spacial score (nSPS) is 28.1. The molecule has 1 heterocycles. The molecule has 1 nitrogen and oxygen atoms in total. The molecular formula is C18H31N. The fourth-order valence-electron chi connectivity index (χ4n) is 4.08. The highest BCUT2D eigenvalue weighted by atomic mass is 15.1. The molecular weight excluding hydrogens is 230 g/mol. The van der Waals surface area contributed by atoms with Crippen molar-refractivity contribution in [3.05, 3.63) is 22.3 Å². The van der Waals surface area contributed by atoms with Gasteiger partial charge in [0.1, 0.15) is 0 Å². The van der Waals surface area contributed by atoms with E-state index in [0.29, 0.717) is 0 Å². The van der Waals surface area contributed by atoms with E-state index >= 15 is 0 Å². The monoisotopic (exact) mass is 261 g/mol. The van der Waals surface area contributed by atoms with E-state index in [-0.39, 0.29) is 0 Å². The highest BCUT2D eigenvalue weighted by molar-refractivity contribution is 5.44. The summed E-state index contributed by atoms with van der Waals surface area (Å²) in [7, 11) is 2.30. The van der Waals surface area contributed by atoms with E-state index in [9.17, 15) is 0 Å². The Hall–Kier alpha value is -0.560. The molecule has 2 aliphatic carbocycles. The average molecular weight is 261 g/mol. The van der Waals surface area contributed by atoms with E-state index in [1.165, 1.54) is 58.0 Å². The zero-order valence-corrected chi connectivity index (χ0v) is 13.4. The van der Waals surface area contributed by atoms with Gasteiger partial charge in [0.2, 0.25) is 0 Å². The lowest BCUT2D eigenvalue weighted by Crippen LogP contribution is -2.27. The first-order valence-corrected chi connectivity index (χ1v) is 8.35. The molecule has 3 rings (SSSR count). The molecule has 0 aromatic heterocycles. The van der Waals surface area contributed by atoms with Crippen LogP contribution in [0.15, 0.2) is 22.3 Å². The van der Waals surface area contributed by atoms with Gasteiger partial charge < -0.3 is 4.90 Å². The van der Waals surface area contributed by atoms with Crippen molar-refractivity contribution in [2.75, 3.05) is 20.1 Å². The van der Waals surface area contributed by atoms with Crippen LogP contribution < -0.4 is 0 Å². The van der Waals surface area contributed by atoms with Crippen LogP contribution in [0, 0.1) is 5.92 Å². The Kier molecular flexibility index (Phi) is 5.27. The van der Waals surface area contributed by atoms with E-state index in [2.05, 4.69) is 18.9 Å². The molecule has 0 spiro atoms. The van der Waals surface area contributed by atoms with Gasteiger partial charge in [-0.05, 0) is 76.0 Å². The summed E-state index contributed by atoms with van der Waals surface area (Å²) < 4.78 is 0. The van der Waals surface area contributed by atoms with E-state index < -0.39 is 0 Å². The summed E-state index contributed by atoms with van der Waals surface area (Å²) in [4.78, 5) is 2.55. The van der Waals surface area contributed by atoms with Crippen LogP contribution in [0.4, 0.5) is 0 Å². The second kappa shape index (κ2) is 6.74. The van der Waals surface area contributed by atoms with Gasteiger partial charge in [-0.2, -0.15) is 0 Å². The Morgan fingerprint density at radius 1 is 1.00 bits per heavy atom. The standard InChI is InChI=1S/C16H25N.C2H6/c1-12-5-3-6-13-9-10-17(2)11-14-7-4-8-15(12)16(13)14;1-2/h14H,3-11H2,1-2H3;1-2H3. The van der Waals surface area contributed by atoms with Gasteiger partial charge in [0, 0.05) is 13.1 Å². The second-order valence-corrected chi connectivity index (χ2v) is 6.23. The number of allylic oxidation sites excluding steroid dienone is 2. The molecule has 19 heavy (non-hydrogen) atoms. The molecule has 1 unspecified atom stereocenters. The van der Waals surface area contributed by atoms with Crippen molar-refractivity contribution < 1.29 is 0 Å². The van der Waals surface area contributed by atoms with Crippen molar-refractivity contribution in [2.45, 2.75) is 65.7 Å². The Morgan fingerprint density at radius 3 is 2.58 bits per heavy atom. The molecule has 1 heteroatoms. The van der Waals surface area contributed by atoms with Crippen LogP contribution in [0.25, 0.3) is 0 Å². The van der Waals surface area contributed by atoms with Gasteiger partial charge in [0.15, 0.2) is 0 Å². The van der Waals surface area contributed by atoms with Crippen LogP contribution >= 0.6 is 0 Å². The van der Waals surface area contributed by atoms with Crippen LogP contribution in [0.3, 0.4) is 0 Å². The Morgan fingerprint density at radius 2 is 1.79 bits per heavy atom. The van der Waals surface area contributed by atoms with Crippen molar-refractivity contribution >= 4 is 0 Å². The number of hydrogen-bond acceptors (Lipinski definition) is 1. The SMILES string of the molecule is CC.CC1=C2CCCC3CN(C)CCC(=C23)CCC1.